The number of hydrogen-bond acceptors (Lipinski definition) is 2. The van der Waals surface area contributed by atoms with Crippen molar-refractivity contribution >= 4 is 5.91 Å². The summed E-state index contributed by atoms with van der Waals surface area (Å²) >= 11 is 0. The standard InChI is InChI=1S/C24H26N2O/c1-24(21-15-9-4-10-16-21,18-20-13-7-3-8-14-20)26-23(27)22(25)17-19-11-5-2-6-12-19/h2-16,22H,17-18,25H2,1H3,(H,26,27)/t22-,24?/m1/s1. The van der Waals surface area contributed by atoms with E-state index in [2.05, 4.69) is 24.4 Å². The van der Waals surface area contributed by atoms with Crippen molar-refractivity contribution in [3.63, 3.8) is 0 Å². The topological polar surface area (TPSA) is 55.1 Å². The molecule has 0 heterocycles. The second-order valence-corrected chi connectivity index (χ2v) is 7.15. The van der Waals surface area contributed by atoms with Gasteiger partial charge in [-0.2, -0.15) is 0 Å². The lowest BCUT2D eigenvalue weighted by Crippen LogP contribution is -2.52. The van der Waals surface area contributed by atoms with Crippen molar-refractivity contribution in [1.29, 1.82) is 0 Å². The Hall–Kier alpha value is -2.91. The molecule has 0 aliphatic heterocycles. The van der Waals surface area contributed by atoms with E-state index >= 15 is 0 Å². The predicted octanol–water partition coefficient (Wildman–Crippen LogP) is 3.83. The summed E-state index contributed by atoms with van der Waals surface area (Å²) < 4.78 is 0. The number of carbonyl (C=O) groups is 1. The molecule has 0 aliphatic carbocycles. The maximum absolute atomic E-state index is 12.9. The van der Waals surface area contributed by atoms with Crippen LogP contribution >= 0.6 is 0 Å². The van der Waals surface area contributed by atoms with Crippen molar-refractivity contribution in [3.8, 4) is 0 Å². The van der Waals surface area contributed by atoms with Crippen molar-refractivity contribution in [3.05, 3.63) is 108 Å². The molecule has 3 aromatic rings. The molecule has 3 rings (SSSR count). The quantitative estimate of drug-likeness (QED) is 0.674. The molecular formula is C24H26N2O. The number of nitrogens with two attached hydrogens (primary N) is 1. The average molecular weight is 358 g/mol. The highest BCUT2D eigenvalue weighted by molar-refractivity contribution is 5.82. The van der Waals surface area contributed by atoms with Crippen LogP contribution in [0.4, 0.5) is 0 Å². The van der Waals surface area contributed by atoms with Crippen LogP contribution in [0, 0.1) is 0 Å². The summed E-state index contributed by atoms with van der Waals surface area (Å²) in [6.45, 7) is 2.06. The summed E-state index contributed by atoms with van der Waals surface area (Å²) in [4.78, 5) is 12.9. The minimum absolute atomic E-state index is 0.138. The van der Waals surface area contributed by atoms with E-state index in [1.807, 2.05) is 78.9 Å². The van der Waals surface area contributed by atoms with Gasteiger partial charge in [-0.25, -0.2) is 0 Å². The number of amides is 1. The summed E-state index contributed by atoms with van der Waals surface area (Å²) in [6, 6.07) is 29.5. The molecule has 0 fully saturated rings. The van der Waals surface area contributed by atoms with E-state index in [4.69, 9.17) is 5.73 Å². The fraction of sp³-hybridized carbons (Fsp3) is 0.208. The third kappa shape index (κ3) is 5.05. The van der Waals surface area contributed by atoms with E-state index in [-0.39, 0.29) is 5.91 Å². The average Bonchev–Trinajstić information content (AvgIpc) is 2.70. The van der Waals surface area contributed by atoms with Crippen molar-refractivity contribution < 1.29 is 4.79 Å². The maximum atomic E-state index is 12.9. The third-order valence-electron chi connectivity index (χ3n) is 4.85. The van der Waals surface area contributed by atoms with E-state index in [9.17, 15) is 4.79 Å². The molecule has 0 saturated carbocycles. The van der Waals surface area contributed by atoms with Gasteiger partial charge in [-0.3, -0.25) is 4.79 Å². The molecule has 2 atom stereocenters. The molecule has 0 aromatic heterocycles. The third-order valence-corrected chi connectivity index (χ3v) is 4.85. The minimum Gasteiger partial charge on any atom is -0.345 e. The van der Waals surface area contributed by atoms with Gasteiger partial charge in [-0.05, 0) is 36.5 Å². The van der Waals surface area contributed by atoms with Crippen molar-refractivity contribution in [2.24, 2.45) is 5.73 Å². The molecule has 1 unspecified atom stereocenters. The Morgan fingerprint density at radius 3 is 1.89 bits per heavy atom. The SMILES string of the molecule is CC(Cc1ccccc1)(NC(=O)[C@H](N)Cc1ccccc1)c1ccccc1. The number of hydrogen-bond donors (Lipinski definition) is 2. The van der Waals surface area contributed by atoms with Gasteiger partial charge in [0.2, 0.25) is 5.91 Å². The molecule has 1 amide bonds. The van der Waals surface area contributed by atoms with Crippen LogP contribution in [0.2, 0.25) is 0 Å². The van der Waals surface area contributed by atoms with Crippen molar-refractivity contribution in [2.75, 3.05) is 0 Å². The van der Waals surface area contributed by atoms with E-state index in [1.165, 1.54) is 5.56 Å². The smallest absolute Gasteiger partial charge is 0.237 e. The number of benzene rings is 3. The molecule has 0 radical (unpaired) electrons. The lowest BCUT2D eigenvalue weighted by molar-refractivity contribution is -0.124. The fourth-order valence-electron chi connectivity index (χ4n) is 3.35. The zero-order valence-electron chi connectivity index (χ0n) is 15.6. The molecular weight excluding hydrogens is 332 g/mol. The van der Waals surface area contributed by atoms with Gasteiger partial charge in [-0.1, -0.05) is 91.0 Å². The van der Waals surface area contributed by atoms with Crippen LogP contribution in [0.25, 0.3) is 0 Å². The number of nitrogens with one attached hydrogen (secondary N) is 1. The second-order valence-electron chi connectivity index (χ2n) is 7.15. The van der Waals surface area contributed by atoms with Gasteiger partial charge in [-0.15, -0.1) is 0 Å². The van der Waals surface area contributed by atoms with E-state index in [0.29, 0.717) is 12.8 Å². The van der Waals surface area contributed by atoms with Crippen LogP contribution < -0.4 is 11.1 Å². The van der Waals surface area contributed by atoms with Gasteiger partial charge in [0.25, 0.3) is 0 Å². The van der Waals surface area contributed by atoms with Crippen LogP contribution in [-0.2, 0) is 23.2 Å². The lowest BCUT2D eigenvalue weighted by Gasteiger charge is -2.33. The lowest BCUT2D eigenvalue weighted by atomic mass is 9.85. The monoisotopic (exact) mass is 358 g/mol. The van der Waals surface area contributed by atoms with E-state index in [0.717, 1.165) is 11.1 Å². The van der Waals surface area contributed by atoms with Crippen LogP contribution in [0.1, 0.15) is 23.6 Å². The zero-order valence-corrected chi connectivity index (χ0v) is 15.6. The molecule has 0 saturated heterocycles. The highest BCUT2D eigenvalue weighted by Crippen LogP contribution is 2.25. The maximum Gasteiger partial charge on any atom is 0.237 e. The molecule has 0 aliphatic rings. The molecule has 3 nitrogen and oxygen atoms in total. The molecule has 138 valence electrons. The summed E-state index contributed by atoms with van der Waals surface area (Å²) in [5.74, 6) is -0.138. The summed E-state index contributed by atoms with van der Waals surface area (Å²) in [5, 5.41) is 3.21. The van der Waals surface area contributed by atoms with Crippen LogP contribution in [0.3, 0.4) is 0 Å². The van der Waals surface area contributed by atoms with Gasteiger partial charge >= 0.3 is 0 Å². The summed E-state index contributed by atoms with van der Waals surface area (Å²) in [7, 11) is 0. The summed E-state index contributed by atoms with van der Waals surface area (Å²) in [6.07, 6.45) is 1.21. The Morgan fingerprint density at radius 2 is 1.33 bits per heavy atom. The minimum atomic E-state index is -0.591. The molecule has 3 N–H and O–H groups in total. The predicted molar refractivity (Wildman–Crippen MR) is 110 cm³/mol. The number of carbonyl (C=O) groups excluding carboxylic acids is 1. The largest absolute Gasteiger partial charge is 0.345 e. The molecule has 3 heteroatoms. The molecule has 27 heavy (non-hydrogen) atoms. The highest BCUT2D eigenvalue weighted by Gasteiger charge is 2.30. The fourth-order valence-corrected chi connectivity index (χ4v) is 3.35. The highest BCUT2D eigenvalue weighted by atomic mass is 16.2. The first kappa shape index (κ1) is 18.9. The van der Waals surface area contributed by atoms with E-state index in [1.54, 1.807) is 0 Å². The Bertz CT molecular complexity index is 849. The Kier molecular flexibility index (Phi) is 6.05. The van der Waals surface area contributed by atoms with Crippen molar-refractivity contribution in [1.82, 2.24) is 5.32 Å². The summed E-state index contributed by atoms with van der Waals surface area (Å²) in [5.41, 5.74) is 8.97. The number of rotatable bonds is 7. The second kappa shape index (κ2) is 8.65. The molecule has 0 spiro atoms. The first-order valence-electron chi connectivity index (χ1n) is 9.28. The van der Waals surface area contributed by atoms with Gasteiger partial charge in [0, 0.05) is 0 Å². The zero-order chi connectivity index (χ0) is 19.1. The Morgan fingerprint density at radius 1 is 0.852 bits per heavy atom. The van der Waals surface area contributed by atoms with Gasteiger partial charge < -0.3 is 11.1 Å². The van der Waals surface area contributed by atoms with Gasteiger partial charge in [0.1, 0.15) is 0 Å². The van der Waals surface area contributed by atoms with Crippen molar-refractivity contribution in [2.45, 2.75) is 31.3 Å². The van der Waals surface area contributed by atoms with Crippen LogP contribution in [0.15, 0.2) is 91.0 Å². The van der Waals surface area contributed by atoms with Crippen LogP contribution in [-0.4, -0.2) is 11.9 Å². The Balaban J connectivity index is 1.79. The molecule has 0 bridgehead atoms. The molecule has 3 aromatic carbocycles. The Labute approximate surface area is 161 Å². The normalized spacial score (nSPS) is 14.1. The van der Waals surface area contributed by atoms with Crippen LogP contribution in [0.5, 0.6) is 0 Å². The first-order valence-corrected chi connectivity index (χ1v) is 9.28. The first-order chi connectivity index (χ1) is 13.1. The van der Waals surface area contributed by atoms with Gasteiger partial charge in [0.05, 0.1) is 11.6 Å². The van der Waals surface area contributed by atoms with Gasteiger partial charge in [0.15, 0.2) is 0 Å². The van der Waals surface area contributed by atoms with E-state index < -0.39 is 11.6 Å².